The Morgan fingerprint density at radius 1 is 1.09 bits per heavy atom. The van der Waals surface area contributed by atoms with Crippen molar-refractivity contribution < 1.29 is 19.4 Å². The molecule has 234 valence electrons. The Labute approximate surface area is 262 Å². The van der Waals surface area contributed by atoms with Gasteiger partial charge in [-0.1, -0.05) is 73.5 Å². The number of aliphatic carboxylic acids is 1. The molecular formula is C31H39ClN8O4. The zero-order valence-corrected chi connectivity index (χ0v) is 26.3. The number of aryl methyl sites for hydroxylation is 1. The number of hydrogen-bond donors (Lipinski definition) is 2. The van der Waals surface area contributed by atoms with Gasteiger partial charge in [0.1, 0.15) is 18.5 Å². The number of tetrazole rings is 1. The van der Waals surface area contributed by atoms with Gasteiger partial charge in [-0.2, -0.15) is 5.21 Å². The minimum Gasteiger partial charge on any atom is -0.481 e. The smallest absolute Gasteiger partial charge is 0.323 e. The third-order valence-corrected chi connectivity index (χ3v) is 7.57. The van der Waals surface area contributed by atoms with Crippen LogP contribution < -0.4 is 0 Å². The molecule has 2 aromatic heterocycles. The Kier molecular flexibility index (Phi) is 11.6. The number of ether oxygens (including phenoxy) is 1. The zero-order valence-electron chi connectivity index (χ0n) is 25.5. The third-order valence-electron chi connectivity index (χ3n) is 7.27. The molecular weight excluding hydrogens is 584 g/mol. The highest BCUT2D eigenvalue weighted by Crippen LogP contribution is 2.30. The number of H-pyrrole nitrogens is 1. The average Bonchev–Trinajstić information content (AvgIpc) is 3.63. The van der Waals surface area contributed by atoms with E-state index in [4.69, 9.17) is 16.3 Å². The number of esters is 1. The van der Waals surface area contributed by atoms with E-state index in [1.165, 1.54) is 0 Å². The maximum atomic E-state index is 13.2. The number of carbonyl (C=O) groups excluding carboxylic acids is 1. The third kappa shape index (κ3) is 8.49. The number of aromatic nitrogens is 6. The van der Waals surface area contributed by atoms with Gasteiger partial charge in [0.05, 0.1) is 12.4 Å². The summed E-state index contributed by atoms with van der Waals surface area (Å²) in [4.78, 5) is 32.8. The van der Waals surface area contributed by atoms with E-state index < -0.39 is 18.0 Å². The van der Waals surface area contributed by atoms with E-state index in [0.29, 0.717) is 29.9 Å². The molecule has 0 amide bonds. The van der Waals surface area contributed by atoms with Crippen molar-refractivity contribution in [3.63, 3.8) is 0 Å². The standard InChI is InChI=1S/C31H39ClN8O4/c1-5-6-11-27-33-29(32)26(19-44-31(43)25(16-17-28(41)42)39(4)20-38(2)3)40(27)18-21-12-14-22(15-13-21)23-9-7-8-10-24(23)30-34-36-37-35-30/h7-10,12-15,25H,5-6,11,16-20H2,1-4H3,(H,41,42)(H,34,35,36,37). The fourth-order valence-corrected chi connectivity index (χ4v) is 5.35. The topological polar surface area (TPSA) is 142 Å². The van der Waals surface area contributed by atoms with Crippen LogP contribution >= 0.6 is 11.6 Å². The van der Waals surface area contributed by atoms with Gasteiger partial charge in [0.15, 0.2) is 5.15 Å². The highest BCUT2D eigenvalue weighted by Gasteiger charge is 2.27. The molecule has 0 saturated carbocycles. The Balaban J connectivity index is 1.55. The molecule has 2 aromatic carbocycles. The molecule has 44 heavy (non-hydrogen) atoms. The van der Waals surface area contributed by atoms with Crippen LogP contribution in [0.2, 0.25) is 5.15 Å². The predicted molar refractivity (Wildman–Crippen MR) is 167 cm³/mol. The number of hydrogen-bond acceptors (Lipinski definition) is 9. The zero-order chi connectivity index (χ0) is 31.6. The van der Waals surface area contributed by atoms with E-state index in [1.807, 2.05) is 72.1 Å². The molecule has 0 saturated heterocycles. The van der Waals surface area contributed by atoms with Crippen LogP contribution in [0.25, 0.3) is 22.5 Å². The number of likely N-dealkylation sites (N-methyl/N-ethyl adjacent to an activating group) is 1. The highest BCUT2D eigenvalue weighted by molar-refractivity contribution is 6.30. The number of carbonyl (C=O) groups is 2. The fraction of sp³-hybridized carbons (Fsp3) is 0.419. The quantitative estimate of drug-likeness (QED) is 0.135. The number of aromatic amines is 1. The second kappa shape index (κ2) is 15.6. The molecule has 4 rings (SSSR count). The molecule has 0 spiro atoms. The van der Waals surface area contributed by atoms with Gasteiger partial charge in [-0.25, -0.2) is 4.98 Å². The van der Waals surface area contributed by atoms with E-state index in [9.17, 15) is 14.7 Å². The maximum absolute atomic E-state index is 13.2. The van der Waals surface area contributed by atoms with Crippen molar-refractivity contribution >= 4 is 23.5 Å². The van der Waals surface area contributed by atoms with Gasteiger partial charge >= 0.3 is 11.9 Å². The summed E-state index contributed by atoms with van der Waals surface area (Å²) in [7, 11) is 5.54. The van der Waals surface area contributed by atoms with Crippen LogP contribution in [0.3, 0.4) is 0 Å². The SMILES string of the molecule is CCCCc1nc(Cl)c(COC(=O)C(CCC(=O)O)N(C)CN(C)C)n1Cc1ccc(-c2ccccc2-c2nn[nH]n2)cc1. The van der Waals surface area contributed by atoms with Gasteiger partial charge in [0, 0.05) is 24.9 Å². The van der Waals surface area contributed by atoms with Crippen LogP contribution in [0.1, 0.15) is 49.7 Å². The van der Waals surface area contributed by atoms with Crippen LogP contribution in [0, 0.1) is 0 Å². The molecule has 0 aliphatic heterocycles. The minimum atomic E-state index is -0.966. The average molecular weight is 623 g/mol. The first-order valence-electron chi connectivity index (χ1n) is 14.6. The number of imidazole rings is 1. The molecule has 0 radical (unpaired) electrons. The van der Waals surface area contributed by atoms with Gasteiger partial charge in [-0.3, -0.25) is 19.4 Å². The van der Waals surface area contributed by atoms with Crippen LogP contribution in [0.15, 0.2) is 48.5 Å². The minimum absolute atomic E-state index is 0.0771. The number of nitrogens with one attached hydrogen (secondary N) is 1. The lowest BCUT2D eigenvalue weighted by molar-refractivity contribution is -0.152. The molecule has 0 fully saturated rings. The normalized spacial score (nSPS) is 12.2. The van der Waals surface area contributed by atoms with E-state index in [-0.39, 0.29) is 19.4 Å². The molecule has 2 heterocycles. The Bertz CT molecular complexity index is 1520. The first-order valence-corrected chi connectivity index (χ1v) is 14.9. The predicted octanol–water partition coefficient (Wildman–Crippen LogP) is 4.50. The van der Waals surface area contributed by atoms with Gasteiger partial charge < -0.3 is 14.4 Å². The molecule has 13 heteroatoms. The lowest BCUT2D eigenvalue weighted by Gasteiger charge is -2.28. The van der Waals surface area contributed by atoms with Crippen LogP contribution in [0.5, 0.6) is 0 Å². The molecule has 2 N–H and O–H groups in total. The number of benzene rings is 2. The van der Waals surface area contributed by atoms with Gasteiger partial charge in [-0.15, -0.1) is 10.2 Å². The first kappa shape index (κ1) is 32.8. The van der Waals surface area contributed by atoms with Gasteiger partial charge in [0.25, 0.3) is 0 Å². The van der Waals surface area contributed by atoms with Crippen molar-refractivity contribution in [2.75, 3.05) is 27.8 Å². The molecule has 0 bridgehead atoms. The fourth-order valence-electron chi connectivity index (χ4n) is 5.09. The second-order valence-electron chi connectivity index (χ2n) is 11.0. The van der Waals surface area contributed by atoms with Crippen molar-refractivity contribution in [2.45, 2.75) is 58.2 Å². The van der Waals surface area contributed by atoms with Crippen LogP contribution in [-0.2, 0) is 33.9 Å². The molecule has 1 unspecified atom stereocenters. The molecule has 12 nitrogen and oxygen atoms in total. The number of unbranched alkanes of at least 4 members (excludes halogenated alkanes) is 1. The number of rotatable bonds is 16. The van der Waals surface area contributed by atoms with Crippen LogP contribution in [0.4, 0.5) is 0 Å². The summed E-state index contributed by atoms with van der Waals surface area (Å²) in [6.45, 7) is 2.99. The number of carboxylic acids is 1. The van der Waals surface area contributed by atoms with E-state index in [2.05, 4.69) is 32.5 Å². The lowest BCUT2D eigenvalue weighted by Crippen LogP contribution is -2.44. The summed E-state index contributed by atoms with van der Waals surface area (Å²) in [5.41, 5.74) is 4.49. The summed E-state index contributed by atoms with van der Waals surface area (Å²) in [6, 6.07) is 15.4. The number of halogens is 1. The van der Waals surface area contributed by atoms with Crippen LogP contribution in [-0.4, -0.2) is 90.9 Å². The van der Waals surface area contributed by atoms with E-state index in [1.54, 1.807) is 11.9 Å². The van der Waals surface area contributed by atoms with Crippen molar-refractivity contribution in [1.82, 2.24) is 40.0 Å². The monoisotopic (exact) mass is 622 g/mol. The molecule has 1 atom stereocenters. The summed E-state index contributed by atoms with van der Waals surface area (Å²) in [6.07, 6.45) is 2.65. The summed E-state index contributed by atoms with van der Waals surface area (Å²) in [5, 5.41) is 24.0. The Morgan fingerprint density at radius 3 is 2.45 bits per heavy atom. The molecule has 0 aliphatic rings. The Hall–Kier alpha value is -4.13. The largest absolute Gasteiger partial charge is 0.481 e. The summed E-state index contributed by atoms with van der Waals surface area (Å²) in [5.74, 6) is -0.122. The van der Waals surface area contributed by atoms with Crippen molar-refractivity contribution in [3.8, 4) is 22.5 Å². The van der Waals surface area contributed by atoms with Crippen molar-refractivity contribution in [3.05, 3.63) is 70.8 Å². The lowest BCUT2D eigenvalue weighted by atomic mass is 9.98. The molecule has 0 aliphatic carbocycles. The van der Waals surface area contributed by atoms with E-state index in [0.717, 1.165) is 47.3 Å². The second-order valence-corrected chi connectivity index (χ2v) is 11.3. The van der Waals surface area contributed by atoms with Crippen molar-refractivity contribution in [1.29, 1.82) is 0 Å². The van der Waals surface area contributed by atoms with Gasteiger partial charge in [0.2, 0.25) is 5.82 Å². The summed E-state index contributed by atoms with van der Waals surface area (Å²) < 4.78 is 7.79. The first-order chi connectivity index (χ1) is 21.2. The molecule has 4 aromatic rings. The van der Waals surface area contributed by atoms with Crippen molar-refractivity contribution in [2.24, 2.45) is 0 Å². The Morgan fingerprint density at radius 2 is 1.82 bits per heavy atom. The maximum Gasteiger partial charge on any atom is 0.323 e. The summed E-state index contributed by atoms with van der Waals surface area (Å²) >= 11 is 6.63. The number of nitrogens with zero attached hydrogens (tertiary/aromatic N) is 7. The van der Waals surface area contributed by atoms with E-state index >= 15 is 0 Å². The highest BCUT2D eigenvalue weighted by atomic mass is 35.5. The number of carboxylic acid groups (broad SMARTS) is 1. The van der Waals surface area contributed by atoms with Gasteiger partial charge in [-0.05, 0) is 55.9 Å².